The van der Waals surface area contributed by atoms with Crippen LogP contribution in [0.1, 0.15) is 26.2 Å². The standard InChI is InChI=1S/C15H23N3O3/c1-2-16-13-8-14(10-15(9-13)18(19)20)17-6-3-7-21-11-12-4-5-12/h8-10,12,16-17H,2-7,11H2,1H3. The number of anilines is 2. The quantitative estimate of drug-likeness (QED) is 0.393. The van der Waals surface area contributed by atoms with E-state index >= 15 is 0 Å². The largest absolute Gasteiger partial charge is 0.385 e. The Bertz CT molecular complexity index is 475. The molecule has 1 fully saturated rings. The van der Waals surface area contributed by atoms with Gasteiger partial charge in [0.2, 0.25) is 0 Å². The van der Waals surface area contributed by atoms with Crippen molar-refractivity contribution in [2.24, 2.45) is 5.92 Å². The molecule has 1 saturated carbocycles. The van der Waals surface area contributed by atoms with Crippen LogP contribution in [0.3, 0.4) is 0 Å². The van der Waals surface area contributed by atoms with Crippen LogP contribution in [0.25, 0.3) is 0 Å². The number of hydrogen-bond acceptors (Lipinski definition) is 5. The summed E-state index contributed by atoms with van der Waals surface area (Å²) in [7, 11) is 0. The van der Waals surface area contributed by atoms with Crippen LogP contribution in [-0.4, -0.2) is 31.2 Å². The van der Waals surface area contributed by atoms with Gasteiger partial charge in [-0.2, -0.15) is 0 Å². The highest BCUT2D eigenvalue weighted by Crippen LogP contribution is 2.28. The van der Waals surface area contributed by atoms with Crippen LogP contribution in [0.4, 0.5) is 17.1 Å². The topological polar surface area (TPSA) is 76.4 Å². The Morgan fingerprint density at radius 1 is 1.29 bits per heavy atom. The van der Waals surface area contributed by atoms with Crippen LogP contribution in [0.2, 0.25) is 0 Å². The normalized spacial score (nSPS) is 14.0. The first kappa shape index (κ1) is 15.6. The third kappa shape index (κ3) is 5.59. The molecule has 6 nitrogen and oxygen atoms in total. The number of nitro benzene ring substituents is 1. The lowest BCUT2D eigenvalue weighted by molar-refractivity contribution is -0.384. The summed E-state index contributed by atoms with van der Waals surface area (Å²) < 4.78 is 5.56. The van der Waals surface area contributed by atoms with Crippen molar-refractivity contribution in [2.75, 3.05) is 36.9 Å². The van der Waals surface area contributed by atoms with E-state index in [-0.39, 0.29) is 10.6 Å². The van der Waals surface area contributed by atoms with E-state index in [1.807, 2.05) is 13.0 Å². The predicted octanol–water partition coefficient (Wildman–Crippen LogP) is 3.26. The van der Waals surface area contributed by atoms with E-state index in [2.05, 4.69) is 10.6 Å². The highest BCUT2D eigenvalue weighted by atomic mass is 16.6. The maximum atomic E-state index is 10.9. The van der Waals surface area contributed by atoms with Crippen molar-refractivity contribution in [1.29, 1.82) is 0 Å². The fourth-order valence-electron chi connectivity index (χ4n) is 2.07. The molecule has 2 N–H and O–H groups in total. The van der Waals surface area contributed by atoms with Crippen LogP contribution in [-0.2, 0) is 4.74 Å². The summed E-state index contributed by atoms with van der Waals surface area (Å²) in [5, 5.41) is 17.2. The summed E-state index contributed by atoms with van der Waals surface area (Å²) in [6, 6.07) is 5.00. The Labute approximate surface area is 125 Å². The molecule has 116 valence electrons. The number of rotatable bonds is 10. The average Bonchev–Trinajstić information content (AvgIpc) is 3.27. The zero-order chi connectivity index (χ0) is 15.1. The molecule has 0 aromatic heterocycles. The number of nitrogens with zero attached hydrogens (tertiary/aromatic N) is 1. The van der Waals surface area contributed by atoms with Crippen LogP contribution in [0.5, 0.6) is 0 Å². The van der Waals surface area contributed by atoms with Crippen LogP contribution < -0.4 is 10.6 Å². The van der Waals surface area contributed by atoms with Crippen molar-refractivity contribution in [3.8, 4) is 0 Å². The fourth-order valence-corrected chi connectivity index (χ4v) is 2.07. The average molecular weight is 293 g/mol. The number of ether oxygens (including phenoxy) is 1. The second kappa shape index (κ2) is 7.83. The molecule has 0 spiro atoms. The summed E-state index contributed by atoms with van der Waals surface area (Å²) >= 11 is 0. The maximum Gasteiger partial charge on any atom is 0.273 e. The van der Waals surface area contributed by atoms with Gasteiger partial charge in [0.25, 0.3) is 5.69 Å². The van der Waals surface area contributed by atoms with E-state index < -0.39 is 0 Å². The molecule has 0 bridgehead atoms. The Hall–Kier alpha value is -1.82. The summed E-state index contributed by atoms with van der Waals surface area (Å²) in [5.41, 5.74) is 1.63. The Kier molecular flexibility index (Phi) is 5.80. The fraction of sp³-hybridized carbons (Fsp3) is 0.600. The molecule has 1 aromatic rings. The number of nitrogens with one attached hydrogen (secondary N) is 2. The van der Waals surface area contributed by atoms with E-state index in [0.29, 0.717) is 0 Å². The molecule has 6 heteroatoms. The van der Waals surface area contributed by atoms with Gasteiger partial charge in [-0.05, 0) is 38.2 Å². The van der Waals surface area contributed by atoms with Gasteiger partial charge in [0.05, 0.1) is 4.92 Å². The van der Waals surface area contributed by atoms with Crippen LogP contribution in [0, 0.1) is 16.0 Å². The van der Waals surface area contributed by atoms with Gasteiger partial charge >= 0.3 is 0 Å². The Balaban J connectivity index is 1.78. The van der Waals surface area contributed by atoms with E-state index in [9.17, 15) is 10.1 Å². The van der Waals surface area contributed by atoms with E-state index in [1.165, 1.54) is 12.8 Å². The number of benzene rings is 1. The minimum atomic E-state index is -0.370. The van der Waals surface area contributed by atoms with Crippen molar-refractivity contribution in [3.63, 3.8) is 0 Å². The lowest BCUT2D eigenvalue weighted by atomic mass is 10.2. The number of non-ortho nitro benzene ring substituents is 1. The van der Waals surface area contributed by atoms with Gasteiger partial charge in [-0.1, -0.05) is 0 Å². The lowest BCUT2D eigenvalue weighted by Crippen LogP contribution is -2.08. The lowest BCUT2D eigenvalue weighted by Gasteiger charge is -2.10. The summed E-state index contributed by atoms with van der Waals surface area (Å²) in [4.78, 5) is 10.6. The predicted molar refractivity (Wildman–Crippen MR) is 83.9 cm³/mol. The molecule has 1 aliphatic carbocycles. The second-order valence-electron chi connectivity index (χ2n) is 5.35. The minimum absolute atomic E-state index is 0.0981. The molecule has 0 heterocycles. The highest BCUT2D eigenvalue weighted by molar-refractivity contribution is 5.63. The molecule has 0 aliphatic heterocycles. The first-order valence-corrected chi connectivity index (χ1v) is 7.54. The second-order valence-corrected chi connectivity index (χ2v) is 5.35. The summed E-state index contributed by atoms with van der Waals surface area (Å²) in [5.74, 6) is 0.789. The zero-order valence-corrected chi connectivity index (χ0v) is 12.4. The van der Waals surface area contributed by atoms with Crippen molar-refractivity contribution in [2.45, 2.75) is 26.2 Å². The molecule has 1 aliphatic rings. The highest BCUT2D eigenvalue weighted by Gasteiger charge is 2.20. The number of hydrogen-bond donors (Lipinski definition) is 2. The smallest absolute Gasteiger partial charge is 0.273 e. The molecule has 0 amide bonds. The third-order valence-corrected chi connectivity index (χ3v) is 3.35. The molecule has 0 atom stereocenters. The molecular formula is C15H23N3O3. The van der Waals surface area contributed by atoms with E-state index in [0.717, 1.165) is 50.0 Å². The summed E-state index contributed by atoms with van der Waals surface area (Å²) in [6.45, 7) is 5.05. The van der Waals surface area contributed by atoms with Crippen molar-refractivity contribution >= 4 is 17.1 Å². The molecule has 0 unspecified atom stereocenters. The van der Waals surface area contributed by atoms with Crippen molar-refractivity contribution < 1.29 is 9.66 Å². The summed E-state index contributed by atoms with van der Waals surface area (Å²) in [6.07, 6.45) is 3.50. The number of nitro groups is 1. The zero-order valence-electron chi connectivity index (χ0n) is 12.4. The van der Waals surface area contributed by atoms with Gasteiger partial charge in [0.15, 0.2) is 0 Å². The molecule has 0 saturated heterocycles. The molecular weight excluding hydrogens is 270 g/mol. The van der Waals surface area contributed by atoms with Crippen LogP contribution in [0.15, 0.2) is 18.2 Å². The molecule has 0 radical (unpaired) electrons. The Morgan fingerprint density at radius 2 is 2.00 bits per heavy atom. The van der Waals surface area contributed by atoms with Gasteiger partial charge in [-0.15, -0.1) is 0 Å². The first-order valence-electron chi connectivity index (χ1n) is 7.54. The third-order valence-electron chi connectivity index (χ3n) is 3.35. The van der Waals surface area contributed by atoms with Crippen molar-refractivity contribution in [3.05, 3.63) is 28.3 Å². The van der Waals surface area contributed by atoms with Gasteiger partial charge in [0, 0.05) is 49.8 Å². The SMILES string of the molecule is CCNc1cc(NCCCOCC2CC2)cc([N+](=O)[O-])c1. The van der Waals surface area contributed by atoms with Gasteiger partial charge in [-0.3, -0.25) is 10.1 Å². The molecule has 2 rings (SSSR count). The van der Waals surface area contributed by atoms with Gasteiger partial charge in [-0.25, -0.2) is 0 Å². The van der Waals surface area contributed by atoms with Crippen LogP contribution >= 0.6 is 0 Å². The van der Waals surface area contributed by atoms with E-state index in [4.69, 9.17) is 4.74 Å². The van der Waals surface area contributed by atoms with Gasteiger partial charge in [0.1, 0.15) is 0 Å². The minimum Gasteiger partial charge on any atom is -0.385 e. The van der Waals surface area contributed by atoms with Crippen molar-refractivity contribution in [1.82, 2.24) is 0 Å². The van der Waals surface area contributed by atoms with Gasteiger partial charge < -0.3 is 15.4 Å². The Morgan fingerprint density at radius 3 is 2.62 bits per heavy atom. The van der Waals surface area contributed by atoms with E-state index in [1.54, 1.807) is 12.1 Å². The molecule has 1 aromatic carbocycles. The first-order chi connectivity index (χ1) is 10.2. The molecule has 21 heavy (non-hydrogen) atoms. The maximum absolute atomic E-state index is 10.9. The monoisotopic (exact) mass is 293 g/mol.